The molecule has 0 radical (unpaired) electrons. The van der Waals surface area contributed by atoms with Crippen LogP contribution < -0.4 is 10.6 Å². The molecule has 0 aromatic rings. The fourth-order valence-electron chi connectivity index (χ4n) is 1.24. The molecule has 2 amide bonds. The summed E-state index contributed by atoms with van der Waals surface area (Å²) in [4.78, 5) is 21.5. The standard InChI is InChI=1S/C10H20N2O3/c1-4-8(7(2)3)12-10(15)11-6-5-9(13)14/h7-8H,4-6H2,1-3H3,(H,13,14)(H2,11,12,15). The Balaban J connectivity index is 3.76. The van der Waals surface area contributed by atoms with Crippen molar-refractivity contribution in [2.45, 2.75) is 39.7 Å². The first-order valence-electron chi connectivity index (χ1n) is 5.23. The van der Waals surface area contributed by atoms with Crippen LogP contribution in [0.25, 0.3) is 0 Å². The summed E-state index contributed by atoms with van der Waals surface area (Å²) in [6, 6.07) is -0.161. The van der Waals surface area contributed by atoms with E-state index < -0.39 is 5.97 Å². The molecule has 0 heterocycles. The zero-order chi connectivity index (χ0) is 11.8. The second kappa shape index (κ2) is 7.09. The normalized spacial score (nSPS) is 12.3. The topological polar surface area (TPSA) is 78.4 Å². The van der Waals surface area contributed by atoms with Crippen molar-refractivity contribution in [2.75, 3.05) is 6.54 Å². The third-order valence-corrected chi connectivity index (χ3v) is 2.19. The van der Waals surface area contributed by atoms with Gasteiger partial charge in [0, 0.05) is 12.6 Å². The molecule has 0 bridgehead atoms. The summed E-state index contributed by atoms with van der Waals surface area (Å²) < 4.78 is 0. The number of amides is 2. The molecule has 0 aromatic heterocycles. The van der Waals surface area contributed by atoms with Crippen molar-refractivity contribution in [2.24, 2.45) is 5.92 Å². The highest BCUT2D eigenvalue weighted by molar-refractivity contribution is 5.75. The average Bonchev–Trinajstić information content (AvgIpc) is 2.13. The lowest BCUT2D eigenvalue weighted by atomic mass is 10.0. The van der Waals surface area contributed by atoms with Crippen molar-refractivity contribution in [3.8, 4) is 0 Å². The van der Waals surface area contributed by atoms with E-state index in [0.29, 0.717) is 5.92 Å². The van der Waals surface area contributed by atoms with Crippen LogP contribution in [-0.4, -0.2) is 29.7 Å². The van der Waals surface area contributed by atoms with Gasteiger partial charge in [0.25, 0.3) is 0 Å². The minimum absolute atomic E-state index is 0.0497. The van der Waals surface area contributed by atoms with Gasteiger partial charge in [-0.1, -0.05) is 20.8 Å². The van der Waals surface area contributed by atoms with E-state index in [-0.39, 0.29) is 25.0 Å². The molecule has 0 aliphatic heterocycles. The Labute approximate surface area is 90.2 Å². The van der Waals surface area contributed by atoms with E-state index in [1.165, 1.54) is 0 Å². The van der Waals surface area contributed by atoms with E-state index in [1.54, 1.807) is 0 Å². The van der Waals surface area contributed by atoms with E-state index in [4.69, 9.17) is 5.11 Å². The fraction of sp³-hybridized carbons (Fsp3) is 0.800. The Bertz CT molecular complexity index is 217. The van der Waals surface area contributed by atoms with Crippen LogP contribution >= 0.6 is 0 Å². The van der Waals surface area contributed by atoms with Crippen LogP contribution in [-0.2, 0) is 4.79 Å². The van der Waals surface area contributed by atoms with E-state index >= 15 is 0 Å². The highest BCUT2D eigenvalue weighted by Gasteiger charge is 2.13. The third-order valence-electron chi connectivity index (χ3n) is 2.19. The van der Waals surface area contributed by atoms with Crippen LogP contribution in [0.4, 0.5) is 4.79 Å². The Morgan fingerprint density at radius 3 is 2.33 bits per heavy atom. The van der Waals surface area contributed by atoms with Gasteiger partial charge < -0.3 is 15.7 Å². The van der Waals surface area contributed by atoms with E-state index in [0.717, 1.165) is 6.42 Å². The molecule has 88 valence electrons. The number of carbonyl (C=O) groups excluding carboxylic acids is 1. The van der Waals surface area contributed by atoms with Gasteiger partial charge in [0.05, 0.1) is 6.42 Å². The summed E-state index contributed by atoms with van der Waals surface area (Å²) in [6.45, 7) is 6.23. The maximum absolute atomic E-state index is 11.3. The molecule has 0 rings (SSSR count). The molecule has 0 fully saturated rings. The molecule has 1 unspecified atom stereocenters. The first-order valence-corrected chi connectivity index (χ1v) is 5.23. The Morgan fingerprint density at radius 1 is 1.33 bits per heavy atom. The quantitative estimate of drug-likeness (QED) is 0.624. The number of rotatable bonds is 6. The van der Waals surface area contributed by atoms with E-state index in [2.05, 4.69) is 10.6 Å². The molecular weight excluding hydrogens is 196 g/mol. The number of aliphatic carboxylic acids is 1. The molecule has 0 saturated carbocycles. The third kappa shape index (κ3) is 6.76. The minimum Gasteiger partial charge on any atom is -0.481 e. The Morgan fingerprint density at radius 2 is 1.93 bits per heavy atom. The number of hydrogen-bond acceptors (Lipinski definition) is 2. The Kier molecular flexibility index (Phi) is 6.49. The second-order valence-corrected chi connectivity index (χ2v) is 3.80. The molecule has 3 N–H and O–H groups in total. The lowest BCUT2D eigenvalue weighted by Crippen LogP contribution is -2.44. The first-order chi connectivity index (χ1) is 6.97. The molecule has 0 spiro atoms. The van der Waals surface area contributed by atoms with Crippen LogP contribution in [0.1, 0.15) is 33.6 Å². The average molecular weight is 216 g/mol. The number of carboxylic acid groups (broad SMARTS) is 1. The smallest absolute Gasteiger partial charge is 0.315 e. The van der Waals surface area contributed by atoms with Gasteiger partial charge in [-0.3, -0.25) is 4.79 Å². The predicted molar refractivity (Wildman–Crippen MR) is 57.7 cm³/mol. The molecule has 0 aliphatic rings. The number of nitrogens with one attached hydrogen (secondary N) is 2. The summed E-state index contributed by atoms with van der Waals surface area (Å²) in [5.41, 5.74) is 0. The van der Waals surface area contributed by atoms with Gasteiger partial charge in [-0.2, -0.15) is 0 Å². The summed E-state index contributed by atoms with van der Waals surface area (Å²) in [5, 5.41) is 13.7. The van der Waals surface area contributed by atoms with E-state index in [1.807, 2.05) is 20.8 Å². The molecule has 1 atom stereocenters. The molecule has 5 nitrogen and oxygen atoms in total. The first kappa shape index (κ1) is 13.7. The summed E-state index contributed by atoms with van der Waals surface area (Å²) in [7, 11) is 0. The highest BCUT2D eigenvalue weighted by atomic mass is 16.4. The van der Waals surface area contributed by atoms with Crippen molar-refractivity contribution in [3.05, 3.63) is 0 Å². The Hall–Kier alpha value is -1.26. The SMILES string of the molecule is CCC(NC(=O)NCCC(=O)O)C(C)C. The lowest BCUT2D eigenvalue weighted by Gasteiger charge is -2.20. The molecular formula is C10H20N2O3. The minimum atomic E-state index is -0.911. The van der Waals surface area contributed by atoms with Crippen molar-refractivity contribution in [1.29, 1.82) is 0 Å². The van der Waals surface area contributed by atoms with E-state index in [9.17, 15) is 9.59 Å². The molecule has 0 aromatic carbocycles. The molecule has 5 heteroatoms. The van der Waals surface area contributed by atoms with Gasteiger partial charge in [-0.25, -0.2) is 4.79 Å². The van der Waals surface area contributed by atoms with Gasteiger partial charge in [0.2, 0.25) is 0 Å². The zero-order valence-electron chi connectivity index (χ0n) is 9.54. The maximum atomic E-state index is 11.3. The van der Waals surface area contributed by atoms with Crippen molar-refractivity contribution >= 4 is 12.0 Å². The molecule has 0 aliphatic carbocycles. The van der Waals surface area contributed by atoms with Gasteiger partial charge in [0.1, 0.15) is 0 Å². The van der Waals surface area contributed by atoms with Crippen LogP contribution in [0.3, 0.4) is 0 Å². The number of urea groups is 1. The largest absolute Gasteiger partial charge is 0.481 e. The fourth-order valence-corrected chi connectivity index (χ4v) is 1.24. The predicted octanol–water partition coefficient (Wildman–Crippen LogP) is 1.19. The van der Waals surface area contributed by atoms with Gasteiger partial charge >= 0.3 is 12.0 Å². The number of carbonyl (C=O) groups is 2. The van der Waals surface area contributed by atoms with Crippen molar-refractivity contribution < 1.29 is 14.7 Å². The molecule has 15 heavy (non-hydrogen) atoms. The van der Waals surface area contributed by atoms with Gasteiger partial charge in [0.15, 0.2) is 0 Å². The number of carboxylic acids is 1. The second-order valence-electron chi connectivity index (χ2n) is 3.80. The summed E-state index contributed by atoms with van der Waals surface area (Å²) in [5.74, 6) is -0.536. The molecule has 0 saturated heterocycles. The van der Waals surface area contributed by atoms with Gasteiger partial charge in [-0.15, -0.1) is 0 Å². The van der Waals surface area contributed by atoms with Crippen molar-refractivity contribution in [3.63, 3.8) is 0 Å². The monoisotopic (exact) mass is 216 g/mol. The zero-order valence-corrected chi connectivity index (χ0v) is 9.54. The van der Waals surface area contributed by atoms with Crippen LogP contribution in [0.2, 0.25) is 0 Å². The van der Waals surface area contributed by atoms with Crippen molar-refractivity contribution in [1.82, 2.24) is 10.6 Å². The summed E-state index contributed by atoms with van der Waals surface area (Å²) in [6.07, 6.45) is 0.815. The summed E-state index contributed by atoms with van der Waals surface area (Å²) >= 11 is 0. The van der Waals surface area contributed by atoms with Crippen LogP contribution in [0, 0.1) is 5.92 Å². The van der Waals surface area contributed by atoms with Crippen LogP contribution in [0.5, 0.6) is 0 Å². The van der Waals surface area contributed by atoms with Gasteiger partial charge in [-0.05, 0) is 12.3 Å². The highest BCUT2D eigenvalue weighted by Crippen LogP contribution is 2.04. The lowest BCUT2D eigenvalue weighted by molar-refractivity contribution is -0.136. The van der Waals surface area contributed by atoms with Crippen LogP contribution in [0.15, 0.2) is 0 Å². The number of hydrogen-bond donors (Lipinski definition) is 3. The maximum Gasteiger partial charge on any atom is 0.315 e.